The van der Waals surface area contributed by atoms with Gasteiger partial charge in [-0.1, -0.05) is 18.2 Å². The van der Waals surface area contributed by atoms with Gasteiger partial charge >= 0.3 is 0 Å². The quantitative estimate of drug-likeness (QED) is 0.514. The van der Waals surface area contributed by atoms with Crippen molar-refractivity contribution in [3.05, 3.63) is 70.4 Å². The Kier molecular flexibility index (Phi) is 4.18. The number of rotatable bonds is 5. The van der Waals surface area contributed by atoms with Gasteiger partial charge in [-0.25, -0.2) is 9.97 Å². The van der Waals surface area contributed by atoms with Crippen molar-refractivity contribution < 1.29 is 4.79 Å². The molecular weight excluding hydrogens is 330 g/mol. The maximum Gasteiger partial charge on any atom is 0.270 e. The SMILES string of the molecule is O=C(CCc1nc2ccccc2[nH]c1=O)NCc1ccc2nc[nH]c2c1. The maximum absolute atomic E-state index is 12.1. The zero-order chi connectivity index (χ0) is 17.9. The van der Waals surface area contributed by atoms with Crippen molar-refractivity contribution in [2.75, 3.05) is 0 Å². The molecule has 4 aromatic rings. The maximum atomic E-state index is 12.1. The molecule has 0 fully saturated rings. The van der Waals surface area contributed by atoms with Gasteiger partial charge in [0, 0.05) is 19.4 Å². The number of imidazole rings is 1. The molecule has 1 amide bonds. The van der Waals surface area contributed by atoms with Crippen LogP contribution < -0.4 is 10.9 Å². The van der Waals surface area contributed by atoms with Gasteiger partial charge in [0.05, 0.1) is 28.4 Å². The molecule has 7 heteroatoms. The lowest BCUT2D eigenvalue weighted by Crippen LogP contribution is -2.24. The number of aromatic nitrogens is 4. The number of carbonyl (C=O) groups excluding carboxylic acids is 1. The number of nitrogens with one attached hydrogen (secondary N) is 3. The Hall–Kier alpha value is -3.48. The van der Waals surface area contributed by atoms with Crippen LogP contribution in [0.5, 0.6) is 0 Å². The zero-order valence-electron chi connectivity index (χ0n) is 14.0. The molecule has 0 unspecified atom stereocenters. The molecule has 2 heterocycles. The smallest absolute Gasteiger partial charge is 0.270 e. The third-order valence-electron chi connectivity index (χ3n) is 4.23. The molecule has 130 valence electrons. The molecule has 0 saturated heterocycles. The predicted molar refractivity (Wildman–Crippen MR) is 98.6 cm³/mol. The zero-order valence-corrected chi connectivity index (χ0v) is 14.0. The van der Waals surface area contributed by atoms with Gasteiger partial charge in [0.15, 0.2) is 0 Å². The number of benzene rings is 2. The number of aromatic amines is 2. The summed E-state index contributed by atoms with van der Waals surface area (Å²) < 4.78 is 0. The molecule has 26 heavy (non-hydrogen) atoms. The molecule has 2 aromatic carbocycles. The van der Waals surface area contributed by atoms with E-state index in [2.05, 4.69) is 25.3 Å². The number of hydrogen-bond acceptors (Lipinski definition) is 4. The fraction of sp³-hybridized carbons (Fsp3) is 0.158. The van der Waals surface area contributed by atoms with E-state index in [4.69, 9.17) is 0 Å². The lowest BCUT2D eigenvalue weighted by molar-refractivity contribution is -0.121. The number of hydrogen-bond donors (Lipinski definition) is 3. The lowest BCUT2D eigenvalue weighted by Gasteiger charge is -2.06. The molecule has 0 bridgehead atoms. The van der Waals surface area contributed by atoms with E-state index in [0.717, 1.165) is 22.1 Å². The standard InChI is InChI=1S/C19H17N5O2/c25-18(20-10-12-5-6-13-17(9-12)22-11-21-13)8-7-16-19(26)24-15-4-2-1-3-14(15)23-16/h1-6,9,11H,7-8,10H2,(H,20,25)(H,21,22)(H,24,26). The summed E-state index contributed by atoms with van der Waals surface area (Å²) >= 11 is 0. The first-order valence-corrected chi connectivity index (χ1v) is 8.36. The second-order valence-corrected chi connectivity index (χ2v) is 6.06. The third-order valence-corrected chi connectivity index (χ3v) is 4.23. The van der Waals surface area contributed by atoms with Crippen LogP contribution in [0.3, 0.4) is 0 Å². The summed E-state index contributed by atoms with van der Waals surface area (Å²) in [5.41, 5.74) is 4.34. The van der Waals surface area contributed by atoms with Crippen LogP contribution in [0.15, 0.2) is 53.6 Å². The van der Waals surface area contributed by atoms with Gasteiger partial charge in [-0.3, -0.25) is 9.59 Å². The predicted octanol–water partition coefficient (Wildman–Crippen LogP) is 2.05. The lowest BCUT2D eigenvalue weighted by atomic mass is 10.2. The highest BCUT2D eigenvalue weighted by Crippen LogP contribution is 2.11. The summed E-state index contributed by atoms with van der Waals surface area (Å²) in [6, 6.07) is 13.1. The van der Waals surface area contributed by atoms with E-state index in [1.165, 1.54) is 0 Å². The molecule has 0 atom stereocenters. The van der Waals surface area contributed by atoms with E-state index >= 15 is 0 Å². The minimum atomic E-state index is -0.249. The normalized spacial score (nSPS) is 11.1. The second kappa shape index (κ2) is 6.79. The molecule has 2 aromatic heterocycles. The summed E-state index contributed by atoms with van der Waals surface area (Å²) in [7, 11) is 0. The van der Waals surface area contributed by atoms with E-state index in [1.54, 1.807) is 12.4 Å². The first kappa shape index (κ1) is 16.0. The van der Waals surface area contributed by atoms with E-state index in [-0.39, 0.29) is 17.9 Å². The average Bonchev–Trinajstić information content (AvgIpc) is 3.12. The van der Waals surface area contributed by atoms with Gasteiger partial charge in [0.25, 0.3) is 5.56 Å². The Morgan fingerprint density at radius 3 is 2.88 bits per heavy atom. The van der Waals surface area contributed by atoms with Crippen molar-refractivity contribution in [2.24, 2.45) is 0 Å². The van der Waals surface area contributed by atoms with Gasteiger partial charge in [-0.05, 0) is 29.8 Å². The molecule has 0 aliphatic rings. The molecule has 7 nitrogen and oxygen atoms in total. The molecule has 0 radical (unpaired) electrons. The molecule has 0 spiro atoms. The average molecular weight is 347 g/mol. The third kappa shape index (κ3) is 3.32. The number of aryl methyl sites for hydroxylation is 1. The minimum absolute atomic E-state index is 0.121. The van der Waals surface area contributed by atoms with E-state index in [0.29, 0.717) is 24.2 Å². The summed E-state index contributed by atoms with van der Waals surface area (Å²) in [5, 5.41) is 2.87. The van der Waals surface area contributed by atoms with Crippen LogP contribution >= 0.6 is 0 Å². The highest BCUT2D eigenvalue weighted by Gasteiger charge is 2.08. The Labute approximate surface area is 148 Å². The van der Waals surface area contributed by atoms with Gasteiger partial charge in [0.2, 0.25) is 5.91 Å². The van der Waals surface area contributed by atoms with Gasteiger partial charge in [-0.2, -0.15) is 0 Å². The topological polar surface area (TPSA) is 104 Å². The molecule has 0 aliphatic carbocycles. The van der Waals surface area contributed by atoms with Crippen molar-refractivity contribution in [3.63, 3.8) is 0 Å². The van der Waals surface area contributed by atoms with Crippen molar-refractivity contribution >= 4 is 28.0 Å². The summed E-state index contributed by atoms with van der Waals surface area (Å²) in [6.07, 6.45) is 2.15. The highest BCUT2D eigenvalue weighted by atomic mass is 16.1. The van der Waals surface area contributed by atoms with Crippen LogP contribution in [0.25, 0.3) is 22.1 Å². The number of para-hydroxylation sites is 2. The number of amides is 1. The van der Waals surface area contributed by atoms with Crippen LogP contribution in [0, 0.1) is 0 Å². The van der Waals surface area contributed by atoms with Crippen LogP contribution in [-0.4, -0.2) is 25.8 Å². The molecule has 3 N–H and O–H groups in total. The molecular formula is C19H17N5O2. The Bertz CT molecular complexity index is 1150. The number of carbonyl (C=O) groups is 1. The summed E-state index contributed by atoms with van der Waals surface area (Å²) in [6.45, 7) is 0.426. The number of H-pyrrole nitrogens is 2. The van der Waals surface area contributed by atoms with Crippen LogP contribution in [0.4, 0.5) is 0 Å². The van der Waals surface area contributed by atoms with Gasteiger partial charge < -0.3 is 15.3 Å². The monoisotopic (exact) mass is 347 g/mol. The highest BCUT2D eigenvalue weighted by molar-refractivity contribution is 5.78. The largest absolute Gasteiger partial charge is 0.352 e. The number of nitrogens with zero attached hydrogens (tertiary/aromatic N) is 2. The Morgan fingerprint density at radius 2 is 1.96 bits per heavy atom. The fourth-order valence-corrected chi connectivity index (χ4v) is 2.85. The minimum Gasteiger partial charge on any atom is -0.352 e. The van der Waals surface area contributed by atoms with Crippen molar-refractivity contribution in [2.45, 2.75) is 19.4 Å². The van der Waals surface area contributed by atoms with E-state index in [9.17, 15) is 9.59 Å². The molecule has 0 aliphatic heterocycles. The summed E-state index contributed by atoms with van der Waals surface area (Å²) in [5.74, 6) is -0.121. The van der Waals surface area contributed by atoms with Gasteiger partial charge in [0.1, 0.15) is 5.69 Å². The second-order valence-electron chi connectivity index (χ2n) is 6.06. The fourth-order valence-electron chi connectivity index (χ4n) is 2.85. The van der Waals surface area contributed by atoms with Gasteiger partial charge in [-0.15, -0.1) is 0 Å². The first-order valence-electron chi connectivity index (χ1n) is 8.36. The molecule has 4 rings (SSSR count). The van der Waals surface area contributed by atoms with Crippen molar-refractivity contribution in [3.8, 4) is 0 Å². The number of fused-ring (bicyclic) bond motifs is 2. The summed E-state index contributed by atoms with van der Waals surface area (Å²) in [4.78, 5) is 38.5. The van der Waals surface area contributed by atoms with Crippen LogP contribution in [0.1, 0.15) is 17.7 Å². The van der Waals surface area contributed by atoms with E-state index < -0.39 is 0 Å². The van der Waals surface area contributed by atoms with Crippen LogP contribution in [0.2, 0.25) is 0 Å². The van der Waals surface area contributed by atoms with Crippen molar-refractivity contribution in [1.82, 2.24) is 25.3 Å². The van der Waals surface area contributed by atoms with Crippen LogP contribution in [-0.2, 0) is 17.8 Å². The molecule has 0 saturated carbocycles. The van der Waals surface area contributed by atoms with Crippen molar-refractivity contribution in [1.29, 1.82) is 0 Å². The first-order chi connectivity index (χ1) is 12.7. The Morgan fingerprint density at radius 1 is 1.08 bits per heavy atom. The van der Waals surface area contributed by atoms with E-state index in [1.807, 2.05) is 36.4 Å². The Balaban J connectivity index is 1.37.